The Hall–Kier alpha value is -0.260. The van der Waals surface area contributed by atoms with Crippen molar-refractivity contribution in [2.45, 2.75) is 85.0 Å². The zero-order valence-electron chi connectivity index (χ0n) is 14.6. The predicted octanol–water partition coefficient (Wildman–Crippen LogP) is 6.61. The highest BCUT2D eigenvalue weighted by atomic mass is 14.6. The highest BCUT2D eigenvalue weighted by molar-refractivity contribution is 5.09. The molecule has 0 bridgehead atoms. The molecule has 6 atom stereocenters. The van der Waals surface area contributed by atoms with Crippen LogP contribution in [0.15, 0.2) is 12.2 Å². The van der Waals surface area contributed by atoms with Crippen LogP contribution in [-0.2, 0) is 0 Å². The zero-order valence-corrected chi connectivity index (χ0v) is 14.6. The average Bonchev–Trinajstić information content (AvgIpc) is 2.81. The molecule has 0 radical (unpaired) electrons. The first-order valence-electron chi connectivity index (χ1n) is 9.83. The highest BCUT2D eigenvalue weighted by Crippen LogP contribution is 2.62. The lowest BCUT2D eigenvalue weighted by molar-refractivity contribution is -0.00510. The molecule has 0 nitrogen and oxygen atoms in total. The van der Waals surface area contributed by atoms with Gasteiger partial charge in [0.15, 0.2) is 0 Å². The Labute approximate surface area is 132 Å². The van der Waals surface area contributed by atoms with E-state index >= 15 is 0 Å². The summed E-state index contributed by atoms with van der Waals surface area (Å²) < 4.78 is 0. The van der Waals surface area contributed by atoms with Crippen molar-refractivity contribution in [3.63, 3.8) is 0 Å². The number of hydrogen-bond donors (Lipinski definition) is 0. The van der Waals surface area contributed by atoms with Crippen LogP contribution in [0.2, 0.25) is 0 Å². The Balaban J connectivity index is 1.64. The van der Waals surface area contributed by atoms with Gasteiger partial charge < -0.3 is 0 Å². The summed E-state index contributed by atoms with van der Waals surface area (Å²) in [4.78, 5) is 0. The Kier molecular flexibility index (Phi) is 4.81. The molecule has 3 rings (SSSR count). The standard InChI is InChI=1S/C21H36/c1-4-5-6-7-10-17-12-13-20-19-11-8-9-16(2)18(19)14-15-21(17,20)3/h8-9,16-20H,4-7,10-15H2,1-3H3. The maximum Gasteiger partial charge on any atom is -0.0231 e. The third kappa shape index (κ3) is 2.84. The van der Waals surface area contributed by atoms with Crippen LogP contribution in [0, 0.1) is 35.0 Å². The van der Waals surface area contributed by atoms with Crippen LogP contribution in [0.25, 0.3) is 0 Å². The van der Waals surface area contributed by atoms with Crippen LogP contribution in [0.1, 0.15) is 85.0 Å². The molecule has 0 spiro atoms. The van der Waals surface area contributed by atoms with Crippen molar-refractivity contribution < 1.29 is 0 Å². The van der Waals surface area contributed by atoms with Gasteiger partial charge >= 0.3 is 0 Å². The maximum absolute atomic E-state index is 2.67. The van der Waals surface area contributed by atoms with Gasteiger partial charge in [0, 0.05) is 0 Å². The van der Waals surface area contributed by atoms with E-state index in [0.717, 1.165) is 29.6 Å². The van der Waals surface area contributed by atoms with Gasteiger partial charge in [-0.15, -0.1) is 0 Å². The lowest BCUT2D eigenvalue weighted by Gasteiger charge is -2.51. The minimum Gasteiger partial charge on any atom is -0.0880 e. The Bertz CT molecular complexity index is 368. The second kappa shape index (κ2) is 6.47. The van der Waals surface area contributed by atoms with E-state index in [9.17, 15) is 0 Å². The second-order valence-electron chi connectivity index (χ2n) is 8.63. The molecule has 2 saturated carbocycles. The maximum atomic E-state index is 2.67. The van der Waals surface area contributed by atoms with E-state index < -0.39 is 0 Å². The zero-order chi connectivity index (χ0) is 14.9. The quantitative estimate of drug-likeness (QED) is 0.394. The number of fused-ring (bicyclic) bond motifs is 3. The lowest BCUT2D eigenvalue weighted by Crippen LogP contribution is -2.43. The number of allylic oxidation sites excluding steroid dienone is 2. The van der Waals surface area contributed by atoms with Crippen molar-refractivity contribution in [3.8, 4) is 0 Å². The summed E-state index contributed by atoms with van der Waals surface area (Å²) >= 11 is 0. The first kappa shape index (κ1) is 15.6. The van der Waals surface area contributed by atoms with E-state index in [1.54, 1.807) is 0 Å². The Morgan fingerprint density at radius 3 is 2.71 bits per heavy atom. The first-order chi connectivity index (χ1) is 10.2. The van der Waals surface area contributed by atoms with Crippen LogP contribution >= 0.6 is 0 Å². The van der Waals surface area contributed by atoms with Gasteiger partial charge in [0.05, 0.1) is 0 Å². The van der Waals surface area contributed by atoms with E-state index in [2.05, 4.69) is 32.9 Å². The molecule has 120 valence electrons. The van der Waals surface area contributed by atoms with Crippen LogP contribution < -0.4 is 0 Å². The van der Waals surface area contributed by atoms with E-state index in [1.807, 2.05) is 0 Å². The van der Waals surface area contributed by atoms with E-state index in [-0.39, 0.29) is 0 Å². The summed E-state index contributed by atoms with van der Waals surface area (Å²) in [7, 11) is 0. The first-order valence-corrected chi connectivity index (χ1v) is 9.83. The molecular formula is C21H36. The summed E-state index contributed by atoms with van der Waals surface area (Å²) in [5.74, 6) is 4.95. The second-order valence-corrected chi connectivity index (χ2v) is 8.63. The molecule has 3 aliphatic rings. The molecule has 0 N–H and O–H groups in total. The SMILES string of the molecule is CCCCCCC1CCC2C3CC=CC(C)C3CCC12C. The molecule has 21 heavy (non-hydrogen) atoms. The smallest absolute Gasteiger partial charge is 0.0231 e. The highest BCUT2D eigenvalue weighted by Gasteiger charge is 2.53. The fourth-order valence-electron chi connectivity index (χ4n) is 6.30. The predicted molar refractivity (Wildman–Crippen MR) is 92.2 cm³/mol. The van der Waals surface area contributed by atoms with E-state index in [0.29, 0.717) is 5.41 Å². The van der Waals surface area contributed by atoms with E-state index in [4.69, 9.17) is 0 Å². The van der Waals surface area contributed by atoms with E-state index in [1.165, 1.54) is 64.2 Å². The molecule has 0 amide bonds. The molecular weight excluding hydrogens is 252 g/mol. The normalized spacial score (nSPS) is 45.4. The summed E-state index contributed by atoms with van der Waals surface area (Å²) in [6, 6.07) is 0. The topological polar surface area (TPSA) is 0 Å². The van der Waals surface area contributed by atoms with Gasteiger partial charge in [-0.1, -0.05) is 58.6 Å². The molecule has 0 aliphatic heterocycles. The summed E-state index contributed by atoms with van der Waals surface area (Å²) in [5.41, 5.74) is 0.693. The average molecular weight is 289 g/mol. The number of rotatable bonds is 5. The fourth-order valence-corrected chi connectivity index (χ4v) is 6.30. The van der Waals surface area contributed by atoms with Gasteiger partial charge in [-0.3, -0.25) is 0 Å². The van der Waals surface area contributed by atoms with Crippen molar-refractivity contribution in [2.24, 2.45) is 35.0 Å². The molecule has 0 aromatic heterocycles. The minimum absolute atomic E-state index is 0.693. The molecule has 6 unspecified atom stereocenters. The monoisotopic (exact) mass is 288 g/mol. The number of unbranched alkanes of at least 4 members (excludes halogenated alkanes) is 3. The number of hydrogen-bond acceptors (Lipinski definition) is 0. The molecule has 3 aliphatic carbocycles. The van der Waals surface area contributed by atoms with Crippen LogP contribution in [0.3, 0.4) is 0 Å². The minimum atomic E-state index is 0.693. The summed E-state index contributed by atoms with van der Waals surface area (Å²) in [6.07, 6.45) is 19.8. The van der Waals surface area contributed by atoms with Gasteiger partial charge in [-0.25, -0.2) is 0 Å². The van der Waals surface area contributed by atoms with Gasteiger partial charge in [0.25, 0.3) is 0 Å². The molecule has 0 aromatic rings. The molecule has 0 saturated heterocycles. The van der Waals surface area contributed by atoms with Gasteiger partial charge in [0.1, 0.15) is 0 Å². The van der Waals surface area contributed by atoms with Gasteiger partial charge in [0.2, 0.25) is 0 Å². The third-order valence-corrected chi connectivity index (χ3v) is 7.62. The Morgan fingerprint density at radius 2 is 1.90 bits per heavy atom. The summed E-state index contributed by atoms with van der Waals surface area (Å²) in [5, 5.41) is 0. The fraction of sp³-hybridized carbons (Fsp3) is 0.905. The van der Waals surface area contributed by atoms with Crippen molar-refractivity contribution in [3.05, 3.63) is 12.2 Å². The van der Waals surface area contributed by atoms with Crippen molar-refractivity contribution >= 4 is 0 Å². The third-order valence-electron chi connectivity index (χ3n) is 7.62. The Morgan fingerprint density at radius 1 is 1.05 bits per heavy atom. The lowest BCUT2D eigenvalue weighted by atomic mass is 9.54. The van der Waals surface area contributed by atoms with Crippen LogP contribution in [0.4, 0.5) is 0 Å². The molecule has 0 heteroatoms. The van der Waals surface area contributed by atoms with Crippen molar-refractivity contribution in [1.82, 2.24) is 0 Å². The molecule has 0 aromatic carbocycles. The molecule has 2 fully saturated rings. The van der Waals surface area contributed by atoms with Gasteiger partial charge in [-0.2, -0.15) is 0 Å². The largest absolute Gasteiger partial charge is 0.0880 e. The van der Waals surface area contributed by atoms with Crippen LogP contribution in [-0.4, -0.2) is 0 Å². The van der Waals surface area contributed by atoms with Gasteiger partial charge in [-0.05, 0) is 73.5 Å². The van der Waals surface area contributed by atoms with Crippen molar-refractivity contribution in [1.29, 1.82) is 0 Å². The molecule has 0 heterocycles. The summed E-state index contributed by atoms with van der Waals surface area (Å²) in [6.45, 7) is 7.47. The van der Waals surface area contributed by atoms with Crippen molar-refractivity contribution in [2.75, 3.05) is 0 Å². The van der Waals surface area contributed by atoms with Crippen LogP contribution in [0.5, 0.6) is 0 Å².